The molecule has 0 aromatic heterocycles. The third-order valence-corrected chi connectivity index (χ3v) is 9.15. The lowest BCUT2D eigenvalue weighted by Gasteiger charge is -2.39. The van der Waals surface area contributed by atoms with Crippen molar-refractivity contribution in [1.82, 2.24) is 4.90 Å². The number of halogens is 2. The average molecular weight is 580 g/mol. The average Bonchev–Trinajstić information content (AvgIpc) is 3.28. The Kier molecular flexibility index (Phi) is 10.1. The van der Waals surface area contributed by atoms with E-state index in [9.17, 15) is 23.2 Å². The Hall–Kier alpha value is -3.82. The number of carboxylic acids is 2. The van der Waals surface area contributed by atoms with Gasteiger partial charge in [-0.2, -0.15) is 0 Å². The van der Waals surface area contributed by atoms with E-state index < -0.39 is 11.9 Å². The molecule has 2 aliphatic heterocycles. The highest BCUT2D eigenvalue weighted by atomic mass is 32.2. The van der Waals surface area contributed by atoms with Crippen molar-refractivity contribution in [2.75, 3.05) is 19.6 Å². The molecule has 1 spiro atoms. The lowest BCUT2D eigenvalue weighted by Crippen LogP contribution is -2.40. The number of aliphatic carboxylic acids is 2. The highest BCUT2D eigenvalue weighted by Gasteiger charge is 2.46. The van der Waals surface area contributed by atoms with E-state index in [1.54, 1.807) is 24.3 Å². The molecule has 0 bridgehead atoms. The molecular formula is C32H31F2NO5S. The van der Waals surface area contributed by atoms with Gasteiger partial charge in [0.25, 0.3) is 0 Å². The van der Waals surface area contributed by atoms with Crippen molar-refractivity contribution in [2.45, 2.75) is 35.7 Å². The Labute approximate surface area is 241 Å². The van der Waals surface area contributed by atoms with Crippen LogP contribution in [-0.2, 0) is 14.3 Å². The second kappa shape index (κ2) is 13.7. The van der Waals surface area contributed by atoms with Crippen molar-refractivity contribution in [1.29, 1.82) is 0 Å². The van der Waals surface area contributed by atoms with E-state index in [0.717, 1.165) is 44.5 Å². The SMILES string of the molecule is O=C(CCCN1CCC2(CC1)SC(c1cccc(F)c1)c1ccccc12)c1ccc(F)cc1.O=C(O)C=CC(=O)O. The van der Waals surface area contributed by atoms with Gasteiger partial charge in [-0.3, -0.25) is 4.79 Å². The van der Waals surface area contributed by atoms with E-state index in [2.05, 4.69) is 29.2 Å². The predicted octanol–water partition coefficient (Wildman–Crippen LogP) is 6.47. The number of carbonyl (C=O) groups excluding carboxylic acids is 1. The molecule has 3 aromatic rings. The van der Waals surface area contributed by atoms with Crippen LogP contribution in [0.1, 0.15) is 58.0 Å². The highest BCUT2D eigenvalue weighted by molar-refractivity contribution is 8.01. The van der Waals surface area contributed by atoms with Crippen molar-refractivity contribution in [3.63, 3.8) is 0 Å². The first kappa shape index (κ1) is 30.1. The largest absolute Gasteiger partial charge is 0.478 e. The zero-order chi connectivity index (χ0) is 29.4. The lowest BCUT2D eigenvalue weighted by atomic mass is 9.84. The molecule has 1 fully saturated rings. The van der Waals surface area contributed by atoms with Gasteiger partial charge < -0.3 is 15.1 Å². The first-order chi connectivity index (χ1) is 19.7. The van der Waals surface area contributed by atoms with Crippen molar-refractivity contribution < 1.29 is 33.4 Å². The molecule has 0 amide bonds. The van der Waals surface area contributed by atoms with Crippen LogP contribution < -0.4 is 0 Å². The maximum atomic E-state index is 13.9. The molecular weight excluding hydrogens is 548 g/mol. The summed E-state index contributed by atoms with van der Waals surface area (Å²) >= 11 is 1.98. The van der Waals surface area contributed by atoms with Crippen LogP contribution in [0.15, 0.2) is 84.9 Å². The zero-order valence-corrected chi connectivity index (χ0v) is 23.2. The fraction of sp³-hybridized carbons (Fsp3) is 0.281. The van der Waals surface area contributed by atoms with Crippen LogP contribution in [0.3, 0.4) is 0 Å². The van der Waals surface area contributed by atoms with Gasteiger partial charge >= 0.3 is 11.9 Å². The number of carboxylic acid groups (broad SMARTS) is 2. The third kappa shape index (κ3) is 7.89. The van der Waals surface area contributed by atoms with Crippen LogP contribution in [-0.4, -0.2) is 52.5 Å². The van der Waals surface area contributed by atoms with Crippen molar-refractivity contribution in [3.8, 4) is 0 Å². The quantitative estimate of drug-likeness (QED) is 0.233. The van der Waals surface area contributed by atoms with Gasteiger partial charge in [0.1, 0.15) is 11.6 Å². The van der Waals surface area contributed by atoms with Gasteiger partial charge in [-0.15, -0.1) is 11.8 Å². The minimum absolute atomic E-state index is 0.0635. The molecule has 2 aliphatic rings. The number of rotatable bonds is 8. The Balaban J connectivity index is 0.000000426. The molecule has 41 heavy (non-hydrogen) atoms. The zero-order valence-electron chi connectivity index (χ0n) is 22.3. The summed E-state index contributed by atoms with van der Waals surface area (Å²) < 4.78 is 27.1. The number of hydrogen-bond acceptors (Lipinski definition) is 5. The molecule has 2 heterocycles. The monoisotopic (exact) mass is 579 g/mol. The van der Waals surface area contributed by atoms with Crippen LogP contribution in [0, 0.1) is 11.6 Å². The number of hydrogen-bond donors (Lipinski definition) is 2. The van der Waals surface area contributed by atoms with Gasteiger partial charge in [-0.05, 0) is 92.0 Å². The molecule has 3 aromatic carbocycles. The summed E-state index contributed by atoms with van der Waals surface area (Å²) in [5, 5.41) is 15.8. The summed E-state index contributed by atoms with van der Waals surface area (Å²) in [5.41, 5.74) is 4.32. The Morgan fingerprint density at radius 3 is 2.17 bits per heavy atom. The molecule has 9 heteroatoms. The fourth-order valence-corrected chi connectivity index (χ4v) is 7.12. The van der Waals surface area contributed by atoms with Gasteiger partial charge in [0.05, 0.1) is 5.25 Å². The van der Waals surface area contributed by atoms with E-state index in [-0.39, 0.29) is 27.4 Å². The van der Waals surface area contributed by atoms with Gasteiger partial charge in [0.15, 0.2) is 5.78 Å². The number of piperidine rings is 1. The second-order valence-electron chi connectivity index (χ2n) is 10.0. The van der Waals surface area contributed by atoms with Gasteiger partial charge in [-0.25, -0.2) is 18.4 Å². The molecule has 6 nitrogen and oxygen atoms in total. The number of Topliss-reactive ketones (excluding diaryl/α,β-unsaturated/α-hetero) is 1. The van der Waals surface area contributed by atoms with Gasteiger partial charge in [0, 0.05) is 28.9 Å². The second-order valence-corrected chi connectivity index (χ2v) is 11.5. The molecule has 5 rings (SSSR count). The molecule has 214 valence electrons. The maximum Gasteiger partial charge on any atom is 0.328 e. The summed E-state index contributed by atoms with van der Waals surface area (Å²) in [5.74, 6) is -2.95. The van der Waals surface area contributed by atoms with E-state index in [4.69, 9.17) is 10.2 Å². The number of likely N-dealkylation sites (tertiary alicyclic amines) is 1. The standard InChI is InChI=1S/C28H27F2NOS.C4H4O4/c29-22-12-10-20(11-13-22)26(32)9-4-16-31-17-14-28(15-18-31)25-8-2-1-7-24(25)27(33-28)21-5-3-6-23(30)19-21;5-3(6)1-2-4(7)8/h1-3,5-8,10-13,19,27H,4,9,14-18H2;1-2H,(H,5,6)(H,7,8). The first-order valence-electron chi connectivity index (χ1n) is 13.3. The van der Waals surface area contributed by atoms with Gasteiger partial charge in [0.2, 0.25) is 0 Å². The van der Waals surface area contributed by atoms with Crippen LogP contribution in [0.25, 0.3) is 0 Å². The number of thioether (sulfide) groups is 1. The third-order valence-electron chi connectivity index (χ3n) is 7.31. The topological polar surface area (TPSA) is 94.9 Å². The summed E-state index contributed by atoms with van der Waals surface area (Å²) in [6.45, 7) is 2.87. The molecule has 0 radical (unpaired) electrons. The molecule has 1 saturated heterocycles. The minimum atomic E-state index is -1.26. The number of benzene rings is 3. The molecule has 1 unspecified atom stereocenters. The van der Waals surface area contributed by atoms with Crippen molar-refractivity contribution >= 4 is 29.5 Å². The van der Waals surface area contributed by atoms with Crippen molar-refractivity contribution in [2.24, 2.45) is 0 Å². The van der Waals surface area contributed by atoms with Crippen LogP contribution in [0.2, 0.25) is 0 Å². The number of nitrogens with zero attached hydrogens (tertiary/aromatic N) is 1. The van der Waals surface area contributed by atoms with Crippen LogP contribution in [0.5, 0.6) is 0 Å². The summed E-state index contributed by atoms with van der Waals surface area (Å²) in [6.07, 6.45) is 4.49. The molecule has 0 aliphatic carbocycles. The van der Waals surface area contributed by atoms with Crippen LogP contribution >= 0.6 is 11.8 Å². The van der Waals surface area contributed by atoms with E-state index in [1.165, 1.54) is 29.3 Å². The van der Waals surface area contributed by atoms with Crippen LogP contribution in [0.4, 0.5) is 8.78 Å². The summed E-state index contributed by atoms with van der Waals surface area (Å²) in [7, 11) is 0. The highest BCUT2D eigenvalue weighted by Crippen LogP contribution is 2.61. The predicted molar refractivity (Wildman–Crippen MR) is 154 cm³/mol. The van der Waals surface area contributed by atoms with E-state index in [0.29, 0.717) is 24.1 Å². The normalized spacial score (nSPS) is 17.6. The van der Waals surface area contributed by atoms with Crippen molar-refractivity contribution in [3.05, 3.63) is 119 Å². The summed E-state index contributed by atoms with van der Waals surface area (Å²) in [4.78, 5) is 33.9. The maximum absolute atomic E-state index is 13.9. The Morgan fingerprint density at radius 1 is 0.878 bits per heavy atom. The smallest absolute Gasteiger partial charge is 0.328 e. The van der Waals surface area contributed by atoms with E-state index >= 15 is 0 Å². The number of ketones is 1. The molecule has 2 N–H and O–H groups in total. The summed E-state index contributed by atoms with van der Waals surface area (Å²) in [6, 6.07) is 21.4. The lowest BCUT2D eigenvalue weighted by molar-refractivity contribution is -0.134. The number of carbonyl (C=O) groups is 3. The first-order valence-corrected chi connectivity index (χ1v) is 14.2. The van der Waals surface area contributed by atoms with Gasteiger partial charge in [-0.1, -0.05) is 36.4 Å². The molecule has 0 saturated carbocycles. The fourth-order valence-electron chi connectivity index (χ4n) is 5.32. The molecule has 1 atom stereocenters. The Bertz CT molecular complexity index is 1400. The van der Waals surface area contributed by atoms with E-state index in [1.807, 2.05) is 17.8 Å². The number of fused-ring (bicyclic) bond motifs is 2. The minimum Gasteiger partial charge on any atom is -0.478 e. The Morgan fingerprint density at radius 2 is 1.54 bits per heavy atom.